The average Bonchev–Trinajstić information content (AvgIpc) is 3.27. The number of nitrogens with zero attached hydrogens (tertiary/aromatic N) is 2. The Morgan fingerprint density at radius 3 is 2.41 bits per heavy atom. The van der Waals surface area contributed by atoms with Crippen molar-refractivity contribution in [1.29, 1.82) is 0 Å². The van der Waals surface area contributed by atoms with E-state index >= 15 is 0 Å². The van der Waals surface area contributed by atoms with Crippen LogP contribution in [0.2, 0.25) is 0 Å². The largest absolute Gasteiger partial charge is 0.464 e. The quantitative estimate of drug-likeness (QED) is 0.840. The van der Waals surface area contributed by atoms with Crippen molar-refractivity contribution in [3.05, 3.63) is 48.2 Å². The third-order valence-corrected chi connectivity index (χ3v) is 6.28. The molecule has 2 aromatic rings. The molecule has 0 saturated carbocycles. The van der Waals surface area contributed by atoms with Crippen LogP contribution in [0.5, 0.6) is 0 Å². The van der Waals surface area contributed by atoms with Gasteiger partial charge in [-0.2, -0.15) is 0 Å². The smallest absolute Gasteiger partial charge is 0.134 e. The van der Waals surface area contributed by atoms with E-state index in [1.165, 1.54) is 49.9 Å². The van der Waals surface area contributed by atoms with Crippen LogP contribution in [-0.2, 0) is 6.54 Å². The van der Waals surface area contributed by atoms with Crippen molar-refractivity contribution in [2.45, 2.75) is 32.2 Å². The molecule has 4 rings (SSSR count). The summed E-state index contributed by atoms with van der Waals surface area (Å²) in [5.74, 6) is 1.90. The van der Waals surface area contributed by atoms with Gasteiger partial charge in [-0.1, -0.05) is 37.1 Å². The Labute approximate surface area is 162 Å². The van der Waals surface area contributed by atoms with Gasteiger partial charge in [0.1, 0.15) is 5.76 Å². The van der Waals surface area contributed by atoms with Crippen LogP contribution in [0.25, 0.3) is 11.3 Å². The van der Waals surface area contributed by atoms with Crippen LogP contribution in [-0.4, -0.2) is 54.2 Å². The lowest BCUT2D eigenvalue weighted by Crippen LogP contribution is -2.34. The standard InChI is InChI=1S/C23H32N2O2/c26-18-21-17-25(16-20(21)15-24-11-5-1-2-6-12-24)14-19-8-3-4-9-22(19)23-10-7-13-27-23/h3-4,7-10,13,20-21,26H,1-2,5-6,11-12,14-18H2/t20-,21-/m1/s1. The first-order valence-electron chi connectivity index (χ1n) is 10.5. The van der Waals surface area contributed by atoms with Crippen molar-refractivity contribution in [3.63, 3.8) is 0 Å². The maximum atomic E-state index is 9.95. The Bertz CT molecular complexity index is 692. The summed E-state index contributed by atoms with van der Waals surface area (Å²) < 4.78 is 5.64. The predicted octanol–water partition coefficient (Wildman–Crippen LogP) is 3.86. The third kappa shape index (κ3) is 4.63. The van der Waals surface area contributed by atoms with E-state index in [4.69, 9.17) is 4.42 Å². The fourth-order valence-corrected chi connectivity index (χ4v) is 4.80. The second kappa shape index (κ2) is 9.05. The van der Waals surface area contributed by atoms with Crippen molar-refractivity contribution >= 4 is 0 Å². The molecule has 27 heavy (non-hydrogen) atoms. The van der Waals surface area contributed by atoms with Gasteiger partial charge in [-0.15, -0.1) is 0 Å². The molecule has 2 aliphatic rings. The van der Waals surface area contributed by atoms with Gasteiger partial charge in [-0.25, -0.2) is 0 Å². The molecule has 4 nitrogen and oxygen atoms in total. The molecule has 0 radical (unpaired) electrons. The minimum absolute atomic E-state index is 0.300. The molecule has 2 saturated heterocycles. The monoisotopic (exact) mass is 368 g/mol. The molecule has 0 amide bonds. The highest BCUT2D eigenvalue weighted by atomic mass is 16.3. The predicted molar refractivity (Wildman–Crippen MR) is 108 cm³/mol. The van der Waals surface area contributed by atoms with Crippen LogP contribution >= 0.6 is 0 Å². The number of hydrogen-bond acceptors (Lipinski definition) is 4. The zero-order valence-corrected chi connectivity index (χ0v) is 16.2. The van der Waals surface area contributed by atoms with Gasteiger partial charge in [0.2, 0.25) is 0 Å². The maximum Gasteiger partial charge on any atom is 0.134 e. The van der Waals surface area contributed by atoms with E-state index < -0.39 is 0 Å². The highest BCUT2D eigenvalue weighted by molar-refractivity contribution is 5.61. The molecule has 0 spiro atoms. The van der Waals surface area contributed by atoms with Crippen molar-refractivity contribution in [2.24, 2.45) is 11.8 Å². The highest BCUT2D eigenvalue weighted by Gasteiger charge is 2.33. The van der Waals surface area contributed by atoms with Gasteiger partial charge in [-0.05, 0) is 55.5 Å². The van der Waals surface area contributed by atoms with Crippen LogP contribution in [0.15, 0.2) is 47.1 Å². The summed E-state index contributed by atoms with van der Waals surface area (Å²) in [6.07, 6.45) is 7.15. The van der Waals surface area contributed by atoms with E-state index in [1.54, 1.807) is 6.26 Å². The second-order valence-corrected chi connectivity index (χ2v) is 8.25. The number of aliphatic hydroxyl groups excluding tert-OH is 1. The van der Waals surface area contributed by atoms with Gasteiger partial charge in [0.25, 0.3) is 0 Å². The summed E-state index contributed by atoms with van der Waals surface area (Å²) in [5, 5.41) is 9.95. The van der Waals surface area contributed by atoms with Gasteiger partial charge in [-0.3, -0.25) is 4.90 Å². The van der Waals surface area contributed by atoms with E-state index in [-0.39, 0.29) is 0 Å². The molecular formula is C23H32N2O2. The number of furan rings is 1. The van der Waals surface area contributed by atoms with Crippen LogP contribution in [0.1, 0.15) is 31.2 Å². The minimum atomic E-state index is 0.300. The Hall–Kier alpha value is -1.62. The van der Waals surface area contributed by atoms with Gasteiger partial charge in [0.15, 0.2) is 0 Å². The molecule has 0 bridgehead atoms. The van der Waals surface area contributed by atoms with Crippen molar-refractivity contribution in [2.75, 3.05) is 39.3 Å². The van der Waals surface area contributed by atoms with Gasteiger partial charge in [0, 0.05) is 38.3 Å². The zero-order valence-electron chi connectivity index (χ0n) is 16.2. The summed E-state index contributed by atoms with van der Waals surface area (Å²) in [7, 11) is 0. The number of rotatable bonds is 6. The maximum absolute atomic E-state index is 9.95. The van der Waals surface area contributed by atoms with Gasteiger partial charge >= 0.3 is 0 Å². The SMILES string of the molecule is OC[C@H]1CN(Cc2ccccc2-c2ccco2)C[C@H]1CN1CCCCCC1. The summed E-state index contributed by atoms with van der Waals surface area (Å²) >= 11 is 0. The summed E-state index contributed by atoms with van der Waals surface area (Å²) in [6, 6.07) is 12.5. The van der Waals surface area contributed by atoms with Gasteiger partial charge in [0.05, 0.1) is 6.26 Å². The number of hydrogen-bond donors (Lipinski definition) is 1. The number of likely N-dealkylation sites (tertiary alicyclic amines) is 2. The first-order valence-corrected chi connectivity index (χ1v) is 10.5. The fraction of sp³-hybridized carbons (Fsp3) is 0.565. The molecule has 1 N–H and O–H groups in total. The Morgan fingerprint density at radius 2 is 1.67 bits per heavy atom. The Morgan fingerprint density at radius 1 is 0.889 bits per heavy atom. The second-order valence-electron chi connectivity index (χ2n) is 8.25. The lowest BCUT2D eigenvalue weighted by atomic mass is 9.96. The molecule has 146 valence electrons. The average molecular weight is 369 g/mol. The molecule has 0 unspecified atom stereocenters. The van der Waals surface area contributed by atoms with Crippen molar-refractivity contribution in [3.8, 4) is 11.3 Å². The molecule has 4 heteroatoms. The number of benzene rings is 1. The molecule has 1 aromatic carbocycles. The topological polar surface area (TPSA) is 39.9 Å². The highest BCUT2D eigenvalue weighted by Crippen LogP contribution is 2.30. The normalized spacial score (nSPS) is 24.9. The van der Waals surface area contributed by atoms with Crippen LogP contribution in [0.3, 0.4) is 0 Å². The van der Waals surface area contributed by atoms with E-state index in [0.29, 0.717) is 18.4 Å². The fourth-order valence-electron chi connectivity index (χ4n) is 4.80. The molecule has 2 atom stereocenters. The van der Waals surface area contributed by atoms with Crippen LogP contribution in [0.4, 0.5) is 0 Å². The summed E-state index contributed by atoms with van der Waals surface area (Å²) in [6.45, 7) is 6.89. The van der Waals surface area contributed by atoms with E-state index in [1.807, 2.05) is 12.1 Å². The lowest BCUT2D eigenvalue weighted by Gasteiger charge is -2.26. The summed E-state index contributed by atoms with van der Waals surface area (Å²) in [5.41, 5.74) is 2.48. The molecule has 3 heterocycles. The Balaban J connectivity index is 1.42. The van der Waals surface area contributed by atoms with Crippen LogP contribution in [0, 0.1) is 11.8 Å². The van der Waals surface area contributed by atoms with E-state index in [9.17, 15) is 5.11 Å². The van der Waals surface area contributed by atoms with Crippen molar-refractivity contribution in [1.82, 2.24) is 9.80 Å². The number of aliphatic hydroxyl groups is 1. The minimum Gasteiger partial charge on any atom is -0.464 e. The first kappa shape index (κ1) is 18.7. The first-order chi connectivity index (χ1) is 13.3. The molecule has 0 aliphatic carbocycles. The Kier molecular flexibility index (Phi) is 6.28. The molecule has 2 fully saturated rings. The zero-order chi connectivity index (χ0) is 18.5. The molecule has 2 aliphatic heterocycles. The lowest BCUT2D eigenvalue weighted by molar-refractivity contribution is 0.165. The van der Waals surface area contributed by atoms with E-state index in [2.05, 4.69) is 34.1 Å². The van der Waals surface area contributed by atoms with Crippen molar-refractivity contribution < 1.29 is 9.52 Å². The summed E-state index contributed by atoms with van der Waals surface area (Å²) in [4.78, 5) is 5.16. The van der Waals surface area contributed by atoms with Crippen LogP contribution < -0.4 is 0 Å². The molecular weight excluding hydrogens is 336 g/mol. The third-order valence-electron chi connectivity index (χ3n) is 6.28. The van der Waals surface area contributed by atoms with E-state index in [0.717, 1.165) is 31.9 Å². The molecule has 1 aromatic heterocycles. The van der Waals surface area contributed by atoms with Gasteiger partial charge < -0.3 is 14.4 Å².